The Hall–Kier alpha value is -0.570. The summed E-state index contributed by atoms with van der Waals surface area (Å²) in [5.74, 6) is -2.59. The molecule has 0 amide bonds. The van der Waals surface area contributed by atoms with Gasteiger partial charge in [-0.25, -0.2) is 0 Å². The highest BCUT2D eigenvalue weighted by Crippen LogP contribution is 2.26. The highest BCUT2D eigenvalue weighted by atomic mass is 16.7. The maximum absolute atomic E-state index is 10.4. The normalized spacial score (nSPS) is 48.9. The van der Waals surface area contributed by atoms with Gasteiger partial charge in [-0.1, -0.05) is 0 Å². The molecule has 0 aliphatic carbocycles. The van der Waals surface area contributed by atoms with Crippen LogP contribution >= 0.6 is 0 Å². The van der Waals surface area contributed by atoms with E-state index in [9.17, 15) is 25.2 Å². The van der Waals surface area contributed by atoms with Crippen LogP contribution < -0.4 is 0 Å². The summed E-state index contributed by atoms with van der Waals surface area (Å²) in [5, 5.41) is 45.6. The molecule has 1 aliphatic rings. The van der Waals surface area contributed by atoms with E-state index in [2.05, 4.69) is 4.74 Å². The van der Waals surface area contributed by atoms with Crippen molar-refractivity contribution in [2.24, 2.45) is 0 Å². The van der Waals surface area contributed by atoms with Gasteiger partial charge in [-0.3, -0.25) is 4.79 Å². The molecule has 7 heteroatoms. The summed E-state index contributed by atoms with van der Waals surface area (Å²) in [7, 11) is 0. The molecule has 5 atom stereocenters. The second-order valence-electron chi connectivity index (χ2n) is 3.13. The monoisotopic (exact) mass is 208 g/mol. The second-order valence-corrected chi connectivity index (χ2v) is 3.13. The van der Waals surface area contributed by atoms with Crippen molar-refractivity contribution >= 4 is 6.29 Å². The quantitative estimate of drug-likeness (QED) is 0.296. The Morgan fingerprint density at radius 3 is 2.29 bits per heavy atom. The third-order valence-electron chi connectivity index (χ3n) is 2.17. The molecule has 0 saturated carbocycles. The molecule has 0 bridgehead atoms. The lowest BCUT2D eigenvalue weighted by Gasteiger charge is -2.42. The van der Waals surface area contributed by atoms with E-state index in [1.165, 1.54) is 0 Å². The van der Waals surface area contributed by atoms with E-state index in [1.807, 2.05) is 0 Å². The Morgan fingerprint density at radius 2 is 1.86 bits per heavy atom. The first-order valence-electron chi connectivity index (χ1n) is 3.98. The lowest BCUT2D eigenvalue weighted by Crippen LogP contribution is -2.65. The Morgan fingerprint density at radius 1 is 1.29 bits per heavy atom. The molecule has 0 aromatic carbocycles. The molecular weight excluding hydrogens is 196 g/mol. The molecule has 1 saturated heterocycles. The van der Waals surface area contributed by atoms with Crippen LogP contribution in [0.2, 0.25) is 0 Å². The van der Waals surface area contributed by atoms with Gasteiger partial charge in [-0.15, -0.1) is 0 Å². The van der Waals surface area contributed by atoms with Gasteiger partial charge in [0.05, 0.1) is 6.61 Å². The van der Waals surface area contributed by atoms with Crippen LogP contribution in [0.15, 0.2) is 0 Å². The number of aliphatic hydroxyl groups is 5. The molecule has 0 aromatic heterocycles. The first-order valence-corrected chi connectivity index (χ1v) is 3.98. The van der Waals surface area contributed by atoms with E-state index in [0.29, 0.717) is 0 Å². The SMILES string of the molecule is O=C[C@@]1(O)O[C@H](CO)[C@@H](O)[C@H](O)[C@@H]1O. The van der Waals surface area contributed by atoms with Crippen molar-refractivity contribution in [1.29, 1.82) is 0 Å². The standard InChI is InChI=1S/C7H12O7/c8-1-3-4(10)5(11)6(12)7(13,2-9)14-3/h2-6,8,10-13H,1H2/t3-,4-,5+,6+,7-/m1/s1. The van der Waals surface area contributed by atoms with Crippen LogP contribution in [0.1, 0.15) is 0 Å². The number of carbonyl (C=O) groups excluding carboxylic acids is 1. The first kappa shape index (κ1) is 11.5. The molecular formula is C7H12O7. The molecule has 14 heavy (non-hydrogen) atoms. The molecule has 1 heterocycles. The summed E-state index contributed by atoms with van der Waals surface area (Å²) in [6.45, 7) is -0.693. The average Bonchev–Trinajstić information content (AvgIpc) is 2.20. The van der Waals surface area contributed by atoms with Crippen LogP contribution in [0.3, 0.4) is 0 Å². The minimum absolute atomic E-state index is 0.102. The maximum atomic E-state index is 10.4. The van der Waals surface area contributed by atoms with Crippen LogP contribution in [0.25, 0.3) is 0 Å². The van der Waals surface area contributed by atoms with Gasteiger partial charge in [-0.2, -0.15) is 0 Å². The maximum Gasteiger partial charge on any atom is 0.253 e. The Balaban J connectivity index is 2.89. The van der Waals surface area contributed by atoms with Crippen LogP contribution in [0.5, 0.6) is 0 Å². The fourth-order valence-electron chi connectivity index (χ4n) is 1.28. The van der Waals surface area contributed by atoms with Gasteiger partial charge >= 0.3 is 0 Å². The summed E-state index contributed by atoms with van der Waals surface area (Å²) in [4.78, 5) is 10.4. The topological polar surface area (TPSA) is 127 Å². The Bertz CT molecular complexity index is 218. The van der Waals surface area contributed by atoms with Crippen LogP contribution in [-0.4, -0.2) is 68.6 Å². The molecule has 1 fully saturated rings. The van der Waals surface area contributed by atoms with E-state index in [-0.39, 0.29) is 6.29 Å². The fraction of sp³-hybridized carbons (Fsp3) is 0.857. The van der Waals surface area contributed by atoms with E-state index in [4.69, 9.17) is 5.11 Å². The zero-order chi connectivity index (χ0) is 10.9. The number of ether oxygens (including phenoxy) is 1. The minimum atomic E-state index is -2.59. The number of hydrogen-bond donors (Lipinski definition) is 5. The number of carbonyl (C=O) groups is 1. The third kappa shape index (κ3) is 1.65. The van der Waals surface area contributed by atoms with Crippen molar-refractivity contribution in [3.63, 3.8) is 0 Å². The molecule has 1 aliphatic heterocycles. The number of hydrogen-bond acceptors (Lipinski definition) is 7. The molecule has 82 valence electrons. The molecule has 0 unspecified atom stereocenters. The Kier molecular flexibility index (Phi) is 3.20. The summed E-state index contributed by atoms with van der Waals surface area (Å²) in [6.07, 6.45) is -6.68. The molecule has 0 radical (unpaired) electrons. The summed E-state index contributed by atoms with van der Waals surface area (Å²) < 4.78 is 4.54. The van der Waals surface area contributed by atoms with Gasteiger partial charge in [0.15, 0.2) is 6.29 Å². The molecule has 1 rings (SSSR count). The third-order valence-corrected chi connectivity index (χ3v) is 2.17. The van der Waals surface area contributed by atoms with E-state index >= 15 is 0 Å². The molecule has 7 nitrogen and oxygen atoms in total. The van der Waals surface area contributed by atoms with Gasteiger partial charge in [0.1, 0.15) is 24.4 Å². The van der Waals surface area contributed by atoms with Crippen LogP contribution in [0, 0.1) is 0 Å². The van der Waals surface area contributed by atoms with Crippen molar-refractivity contribution < 1.29 is 35.1 Å². The number of aldehydes is 1. The van der Waals surface area contributed by atoms with E-state index < -0.39 is 36.8 Å². The number of aliphatic hydroxyl groups excluding tert-OH is 4. The zero-order valence-electron chi connectivity index (χ0n) is 7.15. The largest absolute Gasteiger partial charge is 0.394 e. The Labute approximate surface area is 79.2 Å². The molecule has 5 N–H and O–H groups in total. The van der Waals surface area contributed by atoms with Crippen molar-refractivity contribution in [3.8, 4) is 0 Å². The molecule has 0 aromatic rings. The van der Waals surface area contributed by atoms with Gasteiger partial charge in [-0.05, 0) is 0 Å². The van der Waals surface area contributed by atoms with Gasteiger partial charge in [0.25, 0.3) is 5.79 Å². The lowest BCUT2D eigenvalue weighted by atomic mass is 9.93. The van der Waals surface area contributed by atoms with Crippen LogP contribution in [-0.2, 0) is 9.53 Å². The molecule has 0 spiro atoms. The van der Waals surface area contributed by atoms with Crippen molar-refractivity contribution in [3.05, 3.63) is 0 Å². The van der Waals surface area contributed by atoms with Crippen molar-refractivity contribution in [2.75, 3.05) is 6.61 Å². The summed E-state index contributed by atoms with van der Waals surface area (Å²) in [6, 6.07) is 0. The van der Waals surface area contributed by atoms with Gasteiger partial charge in [0, 0.05) is 0 Å². The highest BCUT2D eigenvalue weighted by Gasteiger charge is 2.52. The van der Waals surface area contributed by atoms with E-state index in [0.717, 1.165) is 0 Å². The van der Waals surface area contributed by atoms with Crippen molar-refractivity contribution in [1.82, 2.24) is 0 Å². The van der Waals surface area contributed by atoms with E-state index in [1.54, 1.807) is 0 Å². The fourth-order valence-corrected chi connectivity index (χ4v) is 1.28. The average molecular weight is 208 g/mol. The van der Waals surface area contributed by atoms with Crippen LogP contribution in [0.4, 0.5) is 0 Å². The highest BCUT2D eigenvalue weighted by molar-refractivity contribution is 5.61. The first-order chi connectivity index (χ1) is 6.46. The predicted octanol–water partition coefficient (Wildman–Crippen LogP) is -3.65. The second kappa shape index (κ2) is 3.89. The predicted molar refractivity (Wildman–Crippen MR) is 41.0 cm³/mol. The summed E-state index contributed by atoms with van der Waals surface area (Å²) >= 11 is 0. The zero-order valence-corrected chi connectivity index (χ0v) is 7.15. The number of rotatable bonds is 2. The smallest absolute Gasteiger partial charge is 0.253 e. The lowest BCUT2D eigenvalue weighted by molar-refractivity contribution is -0.326. The van der Waals surface area contributed by atoms with Gasteiger partial charge < -0.3 is 30.3 Å². The summed E-state index contributed by atoms with van der Waals surface area (Å²) in [5.41, 5.74) is 0. The van der Waals surface area contributed by atoms with Gasteiger partial charge in [0.2, 0.25) is 0 Å². The minimum Gasteiger partial charge on any atom is -0.394 e. The van der Waals surface area contributed by atoms with Crippen molar-refractivity contribution in [2.45, 2.75) is 30.2 Å².